The molecule has 1 atom stereocenters. The predicted octanol–water partition coefficient (Wildman–Crippen LogP) is 4.62. The Bertz CT molecular complexity index is 2240. The van der Waals surface area contributed by atoms with Crippen LogP contribution >= 0.6 is 11.6 Å². The molecule has 288 valence electrons. The van der Waals surface area contributed by atoms with Gasteiger partial charge in [-0.05, 0) is 82.1 Å². The van der Waals surface area contributed by atoms with Crippen molar-refractivity contribution >= 4 is 56.8 Å². The van der Waals surface area contributed by atoms with Gasteiger partial charge >= 0.3 is 0 Å². The number of nitrogens with zero attached hydrogens (tertiary/aromatic N) is 5. The van der Waals surface area contributed by atoms with Crippen molar-refractivity contribution in [3.63, 3.8) is 0 Å². The Hall–Kier alpha value is -5.37. The molecule has 0 saturated carbocycles. The second-order valence-electron chi connectivity index (χ2n) is 14.5. The molecule has 3 aromatic carbocycles. The van der Waals surface area contributed by atoms with Crippen LogP contribution in [0.1, 0.15) is 48.0 Å². The molecule has 13 nitrogen and oxygen atoms in total. The summed E-state index contributed by atoms with van der Waals surface area (Å²) in [5.41, 5.74) is 1.32. The van der Waals surface area contributed by atoms with E-state index < -0.39 is 5.60 Å². The van der Waals surface area contributed by atoms with Gasteiger partial charge in [-0.25, -0.2) is 9.97 Å². The number of rotatable bonds is 14. The van der Waals surface area contributed by atoms with E-state index in [2.05, 4.69) is 20.6 Å². The minimum atomic E-state index is -1.21. The van der Waals surface area contributed by atoms with Gasteiger partial charge in [0.25, 0.3) is 11.5 Å². The van der Waals surface area contributed by atoms with Gasteiger partial charge in [-0.2, -0.15) is 0 Å². The van der Waals surface area contributed by atoms with Crippen LogP contribution in [0.5, 0.6) is 5.88 Å². The molecule has 4 N–H and O–H groups in total. The molecule has 0 spiro atoms. The fraction of sp³-hybridized carbons (Fsp3) is 0.366. The van der Waals surface area contributed by atoms with Crippen LogP contribution in [-0.2, 0) is 22.6 Å². The topological polar surface area (TPSA) is 170 Å². The molecule has 0 bridgehead atoms. The van der Waals surface area contributed by atoms with Crippen LogP contribution in [0.2, 0.25) is 5.02 Å². The summed E-state index contributed by atoms with van der Waals surface area (Å²) in [6, 6.07) is 21.1. The molecule has 6 rings (SSSR count). The smallest absolute Gasteiger partial charge is 0.261 e. The highest BCUT2D eigenvalue weighted by Gasteiger charge is 2.36. The first kappa shape index (κ1) is 39.3. The van der Waals surface area contributed by atoms with E-state index in [1.165, 1.54) is 17.0 Å². The number of carbonyl (C=O) groups is 3. The highest BCUT2D eigenvalue weighted by Crippen LogP contribution is 2.28. The van der Waals surface area contributed by atoms with Crippen LogP contribution in [0.3, 0.4) is 0 Å². The molecule has 1 fully saturated rings. The monoisotopic (exact) mass is 767 g/mol. The summed E-state index contributed by atoms with van der Waals surface area (Å²) < 4.78 is 1.41. The maximum absolute atomic E-state index is 14.0. The number of piperidine rings is 1. The van der Waals surface area contributed by atoms with E-state index in [-0.39, 0.29) is 41.6 Å². The van der Waals surface area contributed by atoms with Gasteiger partial charge < -0.3 is 30.6 Å². The van der Waals surface area contributed by atoms with E-state index in [0.717, 1.165) is 5.56 Å². The molecule has 1 unspecified atom stereocenters. The number of aromatic nitrogens is 3. The molecule has 3 amide bonds. The minimum absolute atomic E-state index is 0.0105. The summed E-state index contributed by atoms with van der Waals surface area (Å²) in [6.45, 7) is 1.67. The van der Waals surface area contributed by atoms with E-state index in [0.29, 0.717) is 103 Å². The summed E-state index contributed by atoms with van der Waals surface area (Å²) in [6.07, 6.45) is 3.98. The number of hydrogen-bond acceptors (Lipinski definition) is 9. The van der Waals surface area contributed by atoms with E-state index in [1.807, 2.05) is 49.3 Å². The zero-order valence-corrected chi connectivity index (χ0v) is 31.8. The standard InChI is InChI=1S/C41H46ClN7O6/c1-47(2)18-14-36(50)45-30-11-13-32-34(23-30)44-26-49(40(32)54)25-41(55)15-19-48(20-16-41)39(53)29(21-27-7-4-3-5-8-27)9-6-17-43-38(52)28-10-12-31-33(42)24-37(51)46-35(31)22-28/h3-5,7-8,10-13,22-24,26,29,55H,6,9,14-21,25H2,1-2H3,(H,43,52)(H,45,50)(H,46,51). The number of fused-ring (bicyclic) bond motifs is 2. The number of pyridine rings is 1. The van der Waals surface area contributed by atoms with Crippen molar-refractivity contribution in [3.05, 3.63) is 106 Å². The van der Waals surface area contributed by atoms with Crippen LogP contribution in [0.15, 0.2) is 83.9 Å². The number of carbonyl (C=O) groups excluding carboxylic acids is 3. The van der Waals surface area contributed by atoms with Crippen molar-refractivity contribution in [2.24, 2.45) is 5.92 Å². The van der Waals surface area contributed by atoms with E-state index >= 15 is 0 Å². The number of aromatic hydroxyl groups is 1. The molecule has 55 heavy (non-hydrogen) atoms. The highest BCUT2D eigenvalue weighted by molar-refractivity contribution is 6.35. The zero-order chi connectivity index (χ0) is 39.1. The number of amides is 3. The summed E-state index contributed by atoms with van der Waals surface area (Å²) in [7, 11) is 3.79. The van der Waals surface area contributed by atoms with Crippen molar-refractivity contribution < 1.29 is 24.6 Å². The number of benzene rings is 3. The predicted molar refractivity (Wildman–Crippen MR) is 212 cm³/mol. The Labute approximate surface area is 323 Å². The lowest BCUT2D eigenvalue weighted by Crippen LogP contribution is -2.51. The van der Waals surface area contributed by atoms with Crippen molar-refractivity contribution in [2.45, 2.75) is 50.7 Å². The van der Waals surface area contributed by atoms with E-state index in [1.54, 1.807) is 41.3 Å². The van der Waals surface area contributed by atoms with E-state index in [9.17, 15) is 29.4 Å². The molecule has 3 heterocycles. The Morgan fingerprint density at radius 1 is 0.982 bits per heavy atom. The lowest BCUT2D eigenvalue weighted by Gasteiger charge is -2.39. The lowest BCUT2D eigenvalue weighted by atomic mass is 9.88. The first-order chi connectivity index (χ1) is 26.4. The SMILES string of the molecule is CN(C)CCC(=O)Nc1ccc2c(=O)n(CC3(O)CCN(C(=O)C(CCCNC(=O)c4ccc5c(Cl)cc(O)nc5c4)Cc4ccccc4)CC3)cnc2c1. The summed E-state index contributed by atoms with van der Waals surface area (Å²) in [5.74, 6) is -1.00. The van der Waals surface area contributed by atoms with Gasteiger partial charge in [-0.1, -0.05) is 48.0 Å². The lowest BCUT2D eigenvalue weighted by molar-refractivity contribution is -0.140. The van der Waals surface area contributed by atoms with Gasteiger partial charge in [0.2, 0.25) is 17.7 Å². The third-order valence-corrected chi connectivity index (χ3v) is 10.4. The van der Waals surface area contributed by atoms with Crippen molar-refractivity contribution in [3.8, 4) is 5.88 Å². The number of anilines is 1. The third kappa shape index (κ3) is 10.0. The van der Waals surface area contributed by atoms with Gasteiger partial charge in [-0.3, -0.25) is 23.7 Å². The summed E-state index contributed by atoms with van der Waals surface area (Å²) >= 11 is 6.19. The first-order valence-electron chi connectivity index (χ1n) is 18.4. The quantitative estimate of drug-likeness (QED) is 0.118. The van der Waals surface area contributed by atoms with Crippen LogP contribution in [0, 0.1) is 5.92 Å². The maximum atomic E-state index is 14.0. The molecule has 1 aliphatic rings. The zero-order valence-electron chi connectivity index (χ0n) is 31.0. The molecule has 14 heteroatoms. The van der Waals surface area contributed by atoms with Crippen LogP contribution in [0.4, 0.5) is 5.69 Å². The average Bonchev–Trinajstić information content (AvgIpc) is 3.16. The number of halogens is 1. The highest BCUT2D eigenvalue weighted by atomic mass is 35.5. The number of hydrogen-bond donors (Lipinski definition) is 4. The van der Waals surface area contributed by atoms with Gasteiger partial charge in [-0.15, -0.1) is 0 Å². The molecule has 1 saturated heterocycles. The van der Waals surface area contributed by atoms with Gasteiger partial charge in [0.1, 0.15) is 0 Å². The Kier molecular flexibility index (Phi) is 12.4. The normalized spacial score (nSPS) is 14.6. The van der Waals surface area contributed by atoms with Gasteiger partial charge in [0.15, 0.2) is 0 Å². The second kappa shape index (κ2) is 17.4. The molecular formula is C41H46ClN7O6. The number of nitrogens with one attached hydrogen (secondary N) is 2. The maximum Gasteiger partial charge on any atom is 0.261 e. The van der Waals surface area contributed by atoms with Crippen LogP contribution in [-0.4, -0.2) is 98.1 Å². The molecular weight excluding hydrogens is 722 g/mol. The van der Waals surface area contributed by atoms with Crippen LogP contribution in [0.25, 0.3) is 21.8 Å². The second-order valence-corrected chi connectivity index (χ2v) is 14.9. The van der Waals surface area contributed by atoms with Gasteiger partial charge in [0, 0.05) is 61.2 Å². The first-order valence-corrected chi connectivity index (χ1v) is 18.8. The molecule has 5 aromatic rings. The van der Waals surface area contributed by atoms with Gasteiger partial charge in [0.05, 0.1) is 39.9 Å². The molecule has 0 radical (unpaired) electrons. The summed E-state index contributed by atoms with van der Waals surface area (Å²) in [5, 5.41) is 28.5. The van der Waals surface area contributed by atoms with Crippen molar-refractivity contribution in [1.82, 2.24) is 29.7 Å². The number of likely N-dealkylation sites (tertiary alicyclic amines) is 1. The largest absolute Gasteiger partial charge is 0.493 e. The molecule has 1 aliphatic heterocycles. The molecule has 0 aliphatic carbocycles. The Morgan fingerprint density at radius 3 is 2.47 bits per heavy atom. The van der Waals surface area contributed by atoms with Crippen LogP contribution < -0.4 is 16.2 Å². The molecule has 2 aromatic heterocycles. The third-order valence-electron chi connectivity index (χ3n) is 10.1. The summed E-state index contributed by atoms with van der Waals surface area (Å²) in [4.78, 5) is 64.9. The Morgan fingerprint density at radius 2 is 1.73 bits per heavy atom. The minimum Gasteiger partial charge on any atom is -0.493 e. The fourth-order valence-electron chi connectivity index (χ4n) is 6.95. The number of aliphatic hydroxyl groups is 1. The average molecular weight is 768 g/mol. The van der Waals surface area contributed by atoms with E-state index in [4.69, 9.17) is 11.6 Å². The fourth-order valence-corrected chi connectivity index (χ4v) is 7.21. The Balaban J connectivity index is 1.05. The van der Waals surface area contributed by atoms with Crippen molar-refractivity contribution in [1.29, 1.82) is 0 Å². The van der Waals surface area contributed by atoms with Crippen molar-refractivity contribution in [2.75, 3.05) is 45.6 Å².